The maximum atomic E-state index is 12.9. The van der Waals surface area contributed by atoms with E-state index in [2.05, 4.69) is 25.5 Å². The molecule has 182 valence electrons. The lowest BCUT2D eigenvalue weighted by Crippen LogP contribution is -2.39. The van der Waals surface area contributed by atoms with Crippen LogP contribution in [0.5, 0.6) is 0 Å². The summed E-state index contributed by atoms with van der Waals surface area (Å²) >= 11 is 0. The molecule has 1 saturated heterocycles. The molecule has 1 saturated carbocycles. The van der Waals surface area contributed by atoms with Gasteiger partial charge in [-0.3, -0.25) is 4.90 Å². The first kappa shape index (κ1) is 23.0. The highest BCUT2D eigenvalue weighted by Gasteiger charge is 2.48. The van der Waals surface area contributed by atoms with Crippen molar-refractivity contribution in [2.75, 3.05) is 23.3 Å². The van der Waals surface area contributed by atoms with Crippen LogP contribution in [0.1, 0.15) is 31.4 Å². The summed E-state index contributed by atoms with van der Waals surface area (Å²) < 4.78 is 44.5. The summed E-state index contributed by atoms with van der Waals surface area (Å²) in [5, 5.41) is 11.2. The van der Waals surface area contributed by atoms with E-state index in [4.69, 9.17) is 4.74 Å². The van der Waals surface area contributed by atoms with Crippen LogP contribution in [0.25, 0.3) is 11.3 Å². The average molecular weight is 484 g/mol. The van der Waals surface area contributed by atoms with Gasteiger partial charge in [0.25, 0.3) is 0 Å². The fourth-order valence-electron chi connectivity index (χ4n) is 4.56. The molecule has 3 aromatic heterocycles. The van der Waals surface area contributed by atoms with Crippen LogP contribution in [-0.2, 0) is 10.9 Å². The van der Waals surface area contributed by atoms with Gasteiger partial charge >= 0.3 is 12.3 Å². The van der Waals surface area contributed by atoms with Crippen molar-refractivity contribution in [1.82, 2.24) is 20.2 Å². The summed E-state index contributed by atoms with van der Waals surface area (Å²) in [5.41, 5.74) is -0.696. The van der Waals surface area contributed by atoms with Crippen molar-refractivity contribution in [3.8, 4) is 11.3 Å². The molecule has 35 heavy (non-hydrogen) atoms. The Kier molecular flexibility index (Phi) is 6.00. The third kappa shape index (κ3) is 5.03. The van der Waals surface area contributed by atoms with Gasteiger partial charge < -0.3 is 10.1 Å². The van der Waals surface area contributed by atoms with Crippen LogP contribution in [-0.4, -0.2) is 44.9 Å². The summed E-state index contributed by atoms with van der Waals surface area (Å²) in [4.78, 5) is 22.0. The molecule has 1 amide bonds. The molecule has 5 rings (SSSR count). The lowest BCUT2D eigenvalue weighted by Gasteiger charge is -2.35. The Balaban J connectivity index is 1.14. The van der Waals surface area contributed by atoms with Gasteiger partial charge in [0.1, 0.15) is 17.1 Å². The van der Waals surface area contributed by atoms with E-state index < -0.39 is 17.5 Å². The normalized spacial score (nSPS) is 22.3. The summed E-state index contributed by atoms with van der Waals surface area (Å²) in [6.07, 6.45) is 1.49. The molecule has 0 atom stereocenters. The second kappa shape index (κ2) is 9.12. The van der Waals surface area contributed by atoms with Crippen LogP contribution >= 0.6 is 0 Å². The number of halogens is 3. The minimum absolute atomic E-state index is 0.220. The number of nitrogens with zero attached hydrogens (tertiary/aromatic N) is 5. The maximum Gasteiger partial charge on any atom is 0.433 e. The average Bonchev–Trinajstić information content (AvgIpc) is 3.19. The molecular weight excluding hydrogens is 461 g/mol. The Morgan fingerprint density at radius 3 is 2.63 bits per heavy atom. The van der Waals surface area contributed by atoms with Gasteiger partial charge in [-0.1, -0.05) is 6.07 Å². The number of rotatable bonds is 5. The van der Waals surface area contributed by atoms with E-state index >= 15 is 0 Å². The van der Waals surface area contributed by atoms with E-state index in [9.17, 15) is 18.0 Å². The van der Waals surface area contributed by atoms with Gasteiger partial charge in [-0.15, -0.1) is 5.10 Å². The molecule has 2 fully saturated rings. The van der Waals surface area contributed by atoms with Gasteiger partial charge in [0.2, 0.25) is 0 Å². The number of alkyl halides is 3. The fourth-order valence-corrected chi connectivity index (χ4v) is 4.56. The van der Waals surface area contributed by atoms with Gasteiger partial charge in [-0.05, 0) is 68.0 Å². The molecule has 8 nitrogen and oxygen atoms in total. The first-order valence-corrected chi connectivity index (χ1v) is 11.3. The minimum atomic E-state index is -4.49. The predicted molar refractivity (Wildman–Crippen MR) is 122 cm³/mol. The van der Waals surface area contributed by atoms with Gasteiger partial charge in [0, 0.05) is 24.5 Å². The highest BCUT2D eigenvalue weighted by Crippen LogP contribution is 2.40. The summed E-state index contributed by atoms with van der Waals surface area (Å²) in [7, 11) is 0. The summed E-state index contributed by atoms with van der Waals surface area (Å²) in [6, 6.07) is 10.7. The van der Waals surface area contributed by atoms with Crippen molar-refractivity contribution in [3.05, 3.63) is 60.6 Å². The Labute approximate surface area is 199 Å². The molecular formula is C24H23F3N6O2. The summed E-state index contributed by atoms with van der Waals surface area (Å²) in [6.45, 7) is 1.17. The number of pyridine rings is 2. The minimum Gasteiger partial charge on any atom is -0.441 e. The van der Waals surface area contributed by atoms with Gasteiger partial charge in [-0.25, -0.2) is 14.8 Å². The van der Waals surface area contributed by atoms with Crippen LogP contribution in [0.4, 0.5) is 29.6 Å². The van der Waals surface area contributed by atoms with Crippen LogP contribution in [0.15, 0.2) is 54.9 Å². The number of hydrogen-bond acceptors (Lipinski definition) is 7. The van der Waals surface area contributed by atoms with Crippen molar-refractivity contribution >= 4 is 17.7 Å². The molecule has 1 aliphatic heterocycles. The quantitative estimate of drug-likeness (QED) is 0.548. The van der Waals surface area contributed by atoms with Crippen LogP contribution < -0.4 is 10.2 Å². The molecule has 1 spiro atoms. The van der Waals surface area contributed by atoms with E-state index in [1.165, 1.54) is 23.2 Å². The number of carbonyl (C=O) groups excluding carboxylic acids is 1. The SMILES string of the molecule is O=C1OC2(CCC(CNc3ccc(-c4cccc(C(F)(F)F)n4)cn3)CC2)CN1c1cccnn1. The first-order valence-electron chi connectivity index (χ1n) is 11.3. The largest absolute Gasteiger partial charge is 0.441 e. The van der Waals surface area contributed by atoms with Crippen LogP contribution in [0, 0.1) is 5.92 Å². The number of hydrogen-bond donors (Lipinski definition) is 1. The van der Waals surface area contributed by atoms with E-state index in [1.807, 2.05) is 0 Å². The maximum absolute atomic E-state index is 12.9. The van der Waals surface area contributed by atoms with E-state index in [-0.39, 0.29) is 11.8 Å². The zero-order valence-corrected chi connectivity index (χ0v) is 18.7. The fraction of sp³-hybridized carbons (Fsp3) is 0.375. The Morgan fingerprint density at radius 2 is 1.94 bits per heavy atom. The summed E-state index contributed by atoms with van der Waals surface area (Å²) in [5.74, 6) is 1.52. The van der Waals surface area contributed by atoms with Gasteiger partial charge in [0.05, 0.1) is 12.2 Å². The second-order valence-corrected chi connectivity index (χ2v) is 8.88. The van der Waals surface area contributed by atoms with E-state index in [0.29, 0.717) is 36.2 Å². The Bertz CT molecular complexity index is 1180. The topological polar surface area (TPSA) is 93.1 Å². The molecule has 4 heterocycles. The molecule has 3 aromatic rings. The number of aromatic nitrogens is 4. The molecule has 1 N–H and O–H groups in total. The predicted octanol–water partition coefficient (Wildman–Crippen LogP) is 4.95. The third-order valence-electron chi connectivity index (χ3n) is 6.49. The number of ether oxygens (including phenoxy) is 1. The molecule has 11 heteroatoms. The zero-order chi connectivity index (χ0) is 24.5. The number of nitrogens with one attached hydrogen (secondary N) is 1. The smallest absolute Gasteiger partial charge is 0.433 e. The van der Waals surface area contributed by atoms with E-state index in [0.717, 1.165) is 31.7 Å². The molecule has 0 radical (unpaired) electrons. The van der Waals surface area contributed by atoms with E-state index in [1.54, 1.807) is 30.5 Å². The van der Waals surface area contributed by atoms with Crippen molar-refractivity contribution in [2.45, 2.75) is 37.5 Å². The van der Waals surface area contributed by atoms with Crippen molar-refractivity contribution in [3.63, 3.8) is 0 Å². The highest BCUT2D eigenvalue weighted by molar-refractivity contribution is 5.89. The molecule has 0 bridgehead atoms. The molecule has 0 aromatic carbocycles. The highest BCUT2D eigenvalue weighted by atomic mass is 19.4. The Morgan fingerprint density at radius 1 is 1.11 bits per heavy atom. The van der Waals surface area contributed by atoms with Crippen LogP contribution in [0.2, 0.25) is 0 Å². The molecule has 2 aliphatic rings. The number of amides is 1. The third-order valence-corrected chi connectivity index (χ3v) is 6.49. The zero-order valence-electron chi connectivity index (χ0n) is 18.7. The number of anilines is 2. The second-order valence-electron chi connectivity index (χ2n) is 8.88. The standard InChI is InChI=1S/C24H23F3N6O2/c25-24(26,27)19-4-1-3-18(31-19)17-6-7-20(29-14-17)28-13-16-8-10-23(11-9-16)15-33(22(34)35-23)21-5-2-12-30-32-21/h1-7,12,14,16H,8-11,13,15H2,(H,28,29). The monoisotopic (exact) mass is 484 g/mol. The molecule has 1 aliphatic carbocycles. The van der Waals surface area contributed by atoms with Crippen molar-refractivity contribution in [2.24, 2.45) is 5.92 Å². The van der Waals surface area contributed by atoms with Gasteiger partial charge in [0.15, 0.2) is 5.82 Å². The Hall–Kier alpha value is -3.76. The van der Waals surface area contributed by atoms with Crippen LogP contribution in [0.3, 0.4) is 0 Å². The number of carbonyl (C=O) groups is 1. The van der Waals surface area contributed by atoms with Crippen molar-refractivity contribution < 1.29 is 22.7 Å². The molecule has 0 unspecified atom stereocenters. The lowest BCUT2D eigenvalue weighted by molar-refractivity contribution is -0.141. The van der Waals surface area contributed by atoms with Gasteiger partial charge in [-0.2, -0.15) is 18.3 Å². The lowest BCUT2D eigenvalue weighted by atomic mass is 9.78. The van der Waals surface area contributed by atoms with Crippen molar-refractivity contribution in [1.29, 1.82) is 0 Å². The first-order chi connectivity index (χ1) is 16.8.